The average molecular weight is 520 g/mol. The second kappa shape index (κ2) is 9.11. The van der Waals surface area contributed by atoms with Crippen LogP contribution in [0, 0.1) is 9.39 Å². The summed E-state index contributed by atoms with van der Waals surface area (Å²) in [6.45, 7) is 0. The van der Waals surface area contributed by atoms with Gasteiger partial charge in [0.1, 0.15) is 17.3 Å². The highest BCUT2D eigenvalue weighted by Gasteiger charge is 2.24. The van der Waals surface area contributed by atoms with E-state index in [2.05, 4.69) is 37.6 Å². The minimum atomic E-state index is -0.396. The molecule has 1 fully saturated rings. The Labute approximate surface area is 187 Å². The van der Waals surface area contributed by atoms with Crippen LogP contribution in [0.25, 0.3) is 11.3 Å². The van der Waals surface area contributed by atoms with E-state index in [0.29, 0.717) is 12.2 Å². The number of rotatable bonds is 5. The lowest BCUT2D eigenvalue weighted by Crippen LogP contribution is -2.26. The molecule has 1 saturated carbocycles. The Balaban J connectivity index is 1.56. The molecule has 156 valence electrons. The maximum Gasteiger partial charge on any atom is 0.182 e. The third-order valence-electron chi connectivity index (χ3n) is 5.33. The smallest absolute Gasteiger partial charge is 0.182 e. The fourth-order valence-electron chi connectivity index (χ4n) is 3.87. The first-order valence-corrected chi connectivity index (χ1v) is 10.8. The van der Waals surface area contributed by atoms with Crippen LogP contribution in [-0.4, -0.2) is 29.0 Å². The van der Waals surface area contributed by atoms with E-state index in [0.717, 1.165) is 39.7 Å². The number of benzene rings is 1. The summed E-state index contributed by atoms with van der Waals surface area (Å²) in [4.78, 5) is 12.5. The third kappa shape index (κ3) is 4.48. The van der Waals surface area contributed by atoms with Crippen LogP contribution in [0.4, 0.5) is 4.39 Å². The van der Waals surface area contributed by atoms with Crippen molar-refractivity contribution >= 4 is 28.5 Å². The highest BCUT2D eigenvalue weighted by atomic mass is 127. The molecular weight excluding hydrogens is 500 g/mol. The summed E-state index contributed by atoms with van der Waals surface area (Å²) in [7, 11) is 1.61. The van der Waals surface area contributed by atoms with Gasteiger partial charge in [-0.15, -0.1) is 0 Å². The van der Waals surface area contributed by atoms with Crippen LogP contribution in [0.15, 0.2) is 52.5 Å². The summed E-state index contributed by atoms with van der Waals surface area (Å²) in [6.07, 6.45) is 7.51. The minimum Gasteiger partial charge on any atom is -0.857 e. The van der Waals surface area contributed by atoms with Crippen LogP contribution in [0.1, 0.15) is 42.9 Å². The maximum atomic E-state index is 13.5. The number of ether oxygens (including phenoxy) is 1. The van der Waals surface area contributed by atoms with Crippen molar-refractivity contribution in [3.05, 3.63) is 63.7 Å². The molecule has 0 N–H and O–H groups in total. The lowest BCUT2D eigenvalue weighted by Gasteiger charge is -2.28. The Kier molecular flexibility index (Phi) is 6.31. The molecule has 1 aromatic carbocycles. The van der Waals surface area contributed by atoms with Crippen molar-refractivity contribution in [3.8, 4) is 17.1 Å². The van der Waals surface area contributed by atoms with Gasteiger partial charge >= 0.3 is 0 Å². The summed E-state index contributed by atoms with van der Waals surface area (Å²) in [5, 5.41) is 12.9. The van der Waals surface area contributed by atoms with E-state index in [1.807, 2.05) is 18.2 Å². The van der Waals surface area contributed by atoms with E-state index in [1.54, 1.807) is 13.3 Å². The standard InChI is InChI=1S/C22H21FIN3O3/c1-29-19-6-5-14(9-18(19)24)21-20(26-12-30-21)22(28)27-17-4-2-3-13(8-17)15-7-16(23)11-25-10-15/h5-7,9-13,17H,2-4,8H2,1H3,(H,27,28)/p-1/t13-,17?/m1/s1. The molecule has 2 aromatic heterocycles. The van der Waals surface area contributed by atoms with Crippen LogP contribution < -0.4 is 9.84 Å². The van der Waals surface area contributed by atoms with Gasteiger partial charge in [0.25, 0.3) is 0 Å². The summed E-state index contributed by atoms with van der Waals surface area (Å²) in [6, 6.07) is 6.91. The Bertz CT molecular complexity index is 1070. The number of hydrogen-bond donors (Lipinski definition) is 0. The maximum absolute atomic E-state index is 13.5. The number of oxazole rings is 1. The van der Waals surface area contributed by atoms with Gasteiger partial charge in [-0.25, -0.2) is 9.37 Å². The molecule has 0 aliphatic heterocycles. The molecule has 6 nitrogen and oxygen atoms in total. The van der Waals surface area contributed by atoms with Crippen molar-refractivity contribution in [3.63, 3.8) is 0 Å². The lowest BCUT2D eigenvalue weighted by atomic mass is 9.82. The molecule has 0 spiro atoms. The third-order valence-corrected chi connectivity index (χ3v) is 6.17. The van der Waals surface area contributed by atoms with Crippen LogP contribution in [0.3, 0.4) is 0 Å². The first-order chi connectivity index (χ1) is 14.5. The molecule has 8 heteroatoms. The molecule has 0 saturated heterocycles. The van der Waals surface area contributed by atoms with E-state index < -0.39 is 5.90 Å². The number of hydrogen-bond acceptors (Lipinski definition) is 6. The fraction of sp³-hybridized carbons (Fsp3) is 0.318. The molecule has 0 radical (unpaired) electrons. The van der Waals surface area contributed by atoms with Gasteiger partial charge in [-0.3, -0.25) is 9.98 Å². The van der Waals surface area contributed by atoms with E-state index in [-0.39, 0.29) is 23.5 Å². The number of aromatic nitrogens is 2. The zero-order valence-corrected chi connectivity index (χ0v) is 18.5. The topological polar surface area (TPSA) is 83.6 Å². The van der Waals surface area contributed by atoms with E-state index in [1.165, 1.54) is 18.7 Å². The largest absolute Gasteiger partial charge is 0.857 e. The molecule has 4 rings (SSSR count). The molecule has 1 aliphatic carbocycles. The summed E-state index contributed by atoms with van der Waals surface area (Å²) in [5.41, 5.74) is 1.80. The molecule has 2 atom stereocenters. The van der Waals surface area contributed by atoms with Crippen LogP contribution in [0.5, 0.6) is 5.75 Å². The molecular formula is C22H20FIN3O3-. The zero-order chi connectivity index (χ0) is 21.1. The van der Waals surface area contributed by atoms with Crippen molar-refractivity contribution in [2.45, 2.75) is 37.6 Å². The Morgan fingerprint density at radius 1 is 1.30 bits per heavy atom. The van der Waals surface area contributed by atoms with Gasteiger partial charge in [-0.05, 0) is 77.6 Å². The van der Waals surface area contributed by atoms with Crippen molar-refractivity contribution in [2.75, 3.05) is 7.11 Å². The molecule has 1 aliphatic rings. The molecule has 1 unspecified atom stereocenters. The fourth-order valence-corrected chi connectivity index (χ4v) is 4.61. The van der Waals surface area contributed by atoms with E-state index in [9.17, 15) is 9.50 Å². The molecule has 0 bridgehead atoms. The number of methoxy groups -OCH3 is 1. The second-order valence-corrected chi connectivity index (χ2v) is 8.43. The summed E-state index contributed by atoms with van der Waals surface area (Å²) in [5.74, 6) is 0.544. The van der Waals surface area contributed by atoms with Crippen LogP contribution in [0.2, 0.25) is 0 Å². The molecule has 2 heterocycles. The van der Waals surface area contributed by atoms with Crippen molar-refractivity contribution < 1.29 is 18.7 Å². The minimum absolute atomic E-state index is 0.139. The predicted octanol–water partition coefficient (Wildman–Crippen LogP) is 4.32. The highest BCUT2D eigenvalue weighted by molar-refractivity contribution is 14.1. The van der Waals surface area contributed by atoms with Gasteiger partial charge in [0, 0.05) is 23.7 Å². The lowest BCUT2D eigenvalue weighted by molar-refractivity contribution is -0.214. The summed E-state index contributed by atoms with van der Waals surface area (Å²) < 4.78 is 25.2. The number of halogens is 2. The quantitative estimate of drug-likeness (QED) is 0.284. The van der Waals surface area contributed by atoms with E-state index >= 15 is 0 Å². The first-order valence-electron chi connectivity index (χ1n) is 9.68. The van der Waals surface area contributed by atoms with Gasteiger partial charge < -0.3 is 14.3 Å². The monoisotopic (exact) mass is 520 g/mol. The van der Waals surface area contributed by atoms with Crippen molar-refractivity contribution in [1.29, 1.82) is 0 Å². The SMILES string of the molecule is COc1ccc(-c2ocnc2C([O-])=NC2CCC[C@@H](c3cncc(F)c3)C2)cc1I. The molecule has 0 amide bonds. The molecule has 3 aromatic rings. The van der Waals surface area contributed by atoms with Crippen molar-refractivity contribution in [2.24, 2.45) is 4.99 Å². The number of nitrogens with zero attached hydrogens (tertiary/aromatic N) is 3. The van der Waals surface area contributed by atoms with Gasteiger partial charge in [0.2, 0.25) is 0 Å². The Hall–Kier alpha value is -2.49. The van der Waals surface area contributed by atoms with Gasteiger partial charge in [0.15, 0.2) is 12.2 Å². The van der Waals surface area contributed by atoms with E-state index in [4.69, 9.17) is 9.15 Å². The normalized spacial score (nSPS) is 19.6. The first kappa shape index (κ1) is 20.8. The Morgan fingerprint density at radius 2 is 2.17 bits per heavy atom. The zero-order valence-electron chi connectivity index (χ0n) is 16.3. The van der Waals surface area contributed by atoms with Crippen LogP contribution >= 0.6 is 22.6 Å². The second-order valence-electron chi connectivity index (χ2n) is 7.27. The Morgan fingerprint density at radius 3 is 2.93 bits per heavy atom. The molecule has 30 heavy (non-hydrogen) atoms. The average Bonchev–Trinajstić information content (AvgIpc) is 3.24. The number of aliphatic imine (C=N–C) groups is 1. The predicted molar refractivity (Wildman–Crippen MR) is 117 cm³/mol. The van der Waals surface area contributed by atoms with Crippen molar-refractivity contribution in [1.82, 2.24) is 9.97 Å². The van der Waals surface area contributed by atoms with Gasteiger partial charge in [-0.2, -0.15) is 0 Å². The van der Waals surface area contributed by atoms with Gasteiger partial charge in [-0.1, -0.05) is 6.42 Å². The van der Waals surface area contributed by atoms with Gasteiger partial charge in [0.05, 0.1) is 16.9 Å². The summed E-state index contributed by atoms with van der Waals surface area (Å²) >= 11 is 2.17. The number of pyridine rings is 1. The van der Waals surface area contributed by atoms with Crippen LogP contribution in [-0.2, 0) is 0 Å². The highest BCUT2D eigenvalue weighted by Crippen LogP contribution is 2.35.